The van der Waals surface area contributed by atoms with Gasteiger partial charge in [0.2, 0.25) is 0 Å². The van der Waals surface area contributed by atoms with E-state index >= 15 is 0 Å². The van der Waals surface area contributed by atoms with Gasteiger partial charge in [-0.2, -0.15) is 0 Å². The number of aliphatic imine (C=N–C) groups is 1. The Morgan fingerprint density at radius 3 is 2.65 bits per heavy atom. The number of guanidine groups is 1. The number of ether oxygens (including phenoxy) is 1. The standard InChI is InChI=1S/C19H37N3O3S/c1-4-25-18(23)13-8-6-7-9-14-21-19(20-3)22-16-11-10-12-17(15-16)26(24)5-2/h16-17H,4-15H2,1-3H3,(H2,20,21,22). The maximum absolute atomic E-state index is 12.1. The summed E-state index contributed by atoms with van der Waals surface area (Å²) in [5.74, 6) is 1.50. The maximum atomic E-state index is 12.1. The van der Waals surface area contributed by atoms with Crippen molar-refractivity contribution in [3.05, 3.63) is 0 Å². The first-order valence-electron chi connectivity index (χ1n) is 10.1. The minimum absolute atomic E-state index is 0.0926. The van der Waals surface area contributed by atoms with Gasteiger partial charge in [0.15, 0.2) is 5.96 Å². The normalized spacial score (nSPS) is 21.9. The third-order valence-electron chi connectivity index (χ3n) is 4.75. The summed E-state index contributed by atoms with van der Waals surface area (Å²) in [6.45, 7) is 5.17. The van der Waals surface area contributed by atoms with Crippen molar-refractivity contribution >= 4 is 22.7 Å². The molecule has 7 heteroatoms. The molecule has 0 aromatic heterocycles. The molecule has 1 saturated carbocycles. The molecule has 0 amide bonds. The summed E-state index contributed by atoms with van der Waals surface area (Å²) in [6, 6.07) is 0.361. The Bertz CT molecular complexity index is 457. The molecule has 2 N–H and O–H groups in total. The number of carbonyl (C=O) groups is 1. The molecule has 0 aromatic carbocycles. The molecular formula is C19H37N3O3S. The fourth-order valence-electron chi connectivity index (χ4n) is 3.33. The molecule has 0 spiro atoms. The predicted octanol–water partition coefficient (Wildman–Crippen LogP) is 2.74. The summed E-state index contributed by atoms with van der Waals surface area (Å²) in [5.41, 5.74) is 0. The second-order valence-electron chi connectivity index (χ2n) is 6.77. The van der Waals surface area contributed by atoms with Crippen LogP contribution in [0.2, 0.25) is 0 Å². The van der Waals surface area contributed by atoms with Crippen molar-refractivity contribution in [3.8, 4) is 0 Å². The summed E-state index contributed by atoms with van der Waals surface area (Å²) >= 11 is 0. The Morgan fingerprint density at radius 2 is 1.96 bits per heavy atom. The molecule has 152 valence electrons. The minimum atomic E-state index is -0.699. The molecule has 0 saturated heterocycles. The van der Waals surface area contributed by atoms with Crippen molar-refractivity contribution in [2.45, 2.75) is 82.9 Å². The van der Waals surface area contributed by atoms with Crippen LogP contribution < -0.4 is 10.6 Å². The largest absolute Gasteiger partial charge is 0.466 e. The van der Waals surface area contributed by atoms with Gasteiger partial charge in [0.25, 0.3) is 0 Å². The molecule has 0 heterocycles. The van der Waals surface area contributed by atoms with Gasteiger partial charge in [0.05, 0.1) is 6.61 Å². The Balaban J connectivity index is 2.15. The molecule has 1 aliphatic rings. The van der Waals surface area contributed by atoms with Crippen molar-refractivity contribution in [1.82, 2.24) is 10.6 Å². The summed E-state index contributed by atoms with van der Waals surface area (Å²) in [7, 11) is 1.09. The Kier molecular flexibility index (Phi) is 12.4. The monoisotopic (exact) mass is 387 g/mol. The van der Waals surface area contributed by atoms with E-state index in [4.69, 9.17) is 4.74 Å². The Hall–Kier alpha value is -1.11. The highest BCUT2D eigenvalue weighted by Crippen LogP contribution is 2.22. The van der Waals surface area contributed by atoms with E-state index in [-0.39, 0.29) is 5.97 Å². The molecule has 0 aromatic rings. The Labute approximate surface area is 161 Å². The number of nitrogens with zero attached hydrogens (tertiary/aromatic N) is 1. The van der Waals surface area contributed by atoms with Crippen molar-refractivity contribution < 1.29 is 13.7 Å². The zero-order chi connectivity index (χ0) is 19.2. The van der Waals surface area contributed by atoms with Crippen LogP contribution in [-0.4, -0.2) is 53.4 Å². The van der Waals surface area contributed by atoms with Gasteiger partial charge in [-0.3, -0.25) is 14.0 Å². The predicted molar refractivity (Wildman–Crippen MR) is 109 cm³/mol. The molecule has 1 aliphatic carbocycles. The van der Waals surface area contributed by atoms with E-state index in [0.29, 0.717) is 24.3 Å². The SMILES string of the molecule is CCOC(=O)CCCCCCNC(=NC)NC1CCCC(S(=O)CC)C1. The van der Waals surface area contributed by atoms with Gasteiger partial charge in [-0.05, 0) is 39.0 Å². The van der Waals surface area contributed by atoms with E-state index in [1.165, 1.54) is 0 Å². The highest BCUT2D eigenvalue weighted by atomic mass is 32.2. The molecule has 3 atom stereocenters. The van der Waals surface area contributed by atoms with E-state index in [1.807, 2.05) is 13.8 Å². The number of unbranched alkanes of at least 4 members (excludes halogenated alkanes) is 3. The van der Waals surface area contributed by atoms with Crippen LogP contribution in [0.4, 0.5) is 0 Å². The summed E-state index contributed by atoms with van der Waals surface area (Å²) in [6.07, 6.45) is 8.89. The molecule has 6 nitrogen and oxygen atoms in total. The zero-order valence-corrected chi connectivity index (χ0v) is 17.5. The number of hydrogen-bond acceptors (Lipinski definition) is 4. The summed E-state index contributed by atoms with van der Waals surface area (Å²) in [4.78, 5) is 15.6. The second-order valence-corrected chi connectivity index (χ2v) is 8.77. The molecule has 26 heavy (non-hydrogen) atoms. The highest BCUT2D eigenvalue weighted by molar-refractivity contribution is 7.85. The van der Waals surface area contributed by atoms with Crippen LogP contribution in [0.25, 0.3) is 0 Å². The number of hydrogen-bond donors (Lipinski definition) is 2. The highest BCUT2D eigenvalue weighted by Gasteiger charge is 2.25. The number of nitrogens with one attached hydrogen (secondary N) is 2. The van der Waals surface area contributed by atoms with Crippen LogP contribution >= 0.6 is 0 Å². The van der Waals surface area contributed by atoms with Crippen molar-refractivity contribution in [1.29, 1.82) is 0 Å². The van der Waals surface area contributed by atoms with Crippen LogP contribution in [0.5, 0.6) is 0 Å². The lowest BCUT2D eigenvalue weighted by molar-refractivity contribution is -0.143. The first-order valence-corrected chi connectivity index (χ1v) is 11.5. The number of rotatable bonds is 11. The maximum Gasteiger partial charge on any atom is 0.305 e. The van der Waals surface area contributed by atoms with Crippen molar-refractivity contribution in [3.63, 3.8) is 0 Å². The van der Waals surface area contributed by atoms with Gasteiger partial charge in [0.1, 0.15) is 0 Å². The molecule has 0 radical (unpaired) electrons. The second kappa shape index (κ2) is 14.0. The third-order valence-corrected chi connectivity index (χ3v) is 6.49. The van der Waals surface area contributed by atoms with Gasteiger partial charge in [0, 0.05) is 47.9 Å². The zero-order valence-electron chi connectivity index (χ0n) is 16.7. The average molecular weight is 388 g/mol. The van der Waals surface area contributed by atoms with E-state index in [0.717, 1.165) is 69.6 Å². The molecular weight excluding hydrogens is 350 g/mol. The van der Waals surface area contributed by atoms with Gasteiger partial charge in [-0.1, -0.05) is 26.2 Å². The lowest BCUT2D eigenvalue weighted by atomic mass is 9.95. The van der Waals surface area contributed by atoms with Crippen LogP contribution in [0.15, 0.2) is 4.99 Å². The van der Waals surface area contributed by atoms with Crippen LogP contribution in [0, 0.1) is 0 Å². The van der Waals surface area contributed by atoms with Gasteiger partial charge in [-0.15, -0.1) is 0 Å². The topological polar surface area (TPSA) is 79.8 Å². The van der Waals surface area contributed by atoms with Crippen LogP contribution in [0.3, 0.4) is 0 Å². The Morgan fingerprint density at radius 1 is 1.19 bits per heavy atom. The molecule has 0 bridgehead atoms. The number of esters is 1. The van der Waals surface area contributed by atoms with Crippen LogP contribution in [-0.2, 0) is 20.3 Å². The summed E-state index contributed by atoms with van der Waals surface area (Å²) in [5, 5.41) is 7.18. The van der Waals surface area contributed by atoms with Gasteiger partial charge >= 0.3 is 5.97 Å². The first-order chi connectivity index (χ1) is 12.6. The lowest BCUT2D eigenvalue weighted by Gasteiger charge is -2.30. The number of carbonyl (C=O) groups excluding carboxylic acids is 1. The van der Waals surface area contributed by atoms with Crippen molar-refractivity contribution in [2.24, 2.45) is 4.99 Å². The smallest absolute Gasteiger partial charge is 0.305 e. The van der Waals surface area contributed by atoms with Crippen LogP contribution in [0.1, 0.15) is 71.6 Å². The van der Waals surface area contributed by atoms with E-state index < -0.39 is 10.8 Å². The lowest BCUT2D eigenvalue weighted by Crippen LogP contribution is -2.46. The van der Waals surface area contributed by atoms with Crippen molar-refractivity contribution in [2.75, 3.05) is 26.0 Å². The van der Waals surface area contributed by atoms with E-state index in [9.17, 15) is 9.00 Å². The molecule has 0 aliphatic heterocycles. The fraction of sp³-hybridized carbons (Fsp3) is 0.895. The molecule has 3 unspecified atom stereocenters. The average Bonchev–Trinajstić information content (AvgIpc) is 2.66. The third kappa shape index (κ3) is 9.55. The quantitative estimate of drug-likeness (QED) is 0.247. The minimum Gasteiger partial charge on any atom is -0.466 e. The van der Waals surface area contributed by atoms with Gasteiger partial charge in [-0.25, -0.2) is 0 Å². The van der Waals surface area contributed by atoms with E-state index in [2.05, 4.69) is 15.6 Å². The first kappa shape index (κ1) is 22.9. The summed E-state index contributed by atoms with van der Waals surface area (Å²) < 4.78 is 17.0. The van der Waals surface area contributed by atoms with Gasteiger partial charge < -0.3 is 15.4 Å². The molecule has 1 rings (SSSR count). The molecule has 1 fully saturated rings. The fourth-order valence-corrected chi connectivity index (χ4v) is 4.67. The van der Waals surface area contributed by atoms with E-state index in [1.54, 1.807) is 7.05 Å².